The summed E-state index contributed by atoms with van der Waals surface area (Å²) < 4.78 is 6.21. The first kappa shape index (κ1) is 12.3. The zero-order valence-corrected chi connectivity index (χ0v) is 11.0. The number of allylic oxidation sites excluding steroid dienone is 2. The molecule has 1 aromatic carbocycles. The summed E-state index contributed by atoms with van der Waals surface area (Å²) in [7, 11) is 1.68. The van der Waals surface area contributed by atoms with Crippen molar-refractivity contribution in [1.29, 1.82) is 0 Å². The summed E-state index contributed by atoms with van der Waals surface area (Å²) in [5.41, 5.74) is 1.33. The minimum absolute atomic E-state index is 0.579. The van der Waals surface area contributed by atoms with E-state index in [-0.39, 0.29) is 0 Å². The summed E-state index contributed by atoms with van der Waals surface area (Å²) in [6.45, 7) is 4.28. The van der Waals surface area contributed by atoms with E-state index in [1.165, 1.54) is 5.56 Å². The number of hydrogen-bond acceptors (Lipinski definition) is 1. The lowest BCUT2D eigenvalue weighted by Gasteiger charge is -2.09. The molecule has 1 atom stereocenters. The SMILES string of the molecule is C/C=C\C(C)Cc1ccc(OC)c(Br)c1. The third-order valence-corrected chi connectivity index (χ3v) is 2.91. The minimum atomic E-state index is 0.579. The Morgan fingerprint density at radius 3 is 2.73 bits per heavy atom. The van der Waals surface area contributed by atoms with Crippen molar-refractivity contribution in [1.82, 2.24) is 0 Å². The fourth-order valence-corrected chi connectivity index (χ4v) is 2.19. The van der Waals surface area contributed by atoms with Crippen LogP contribution in [0.25, 0.3) is 0 Å². The van der Waals surface area contributed by atoms with Crippen LogP contribution in [0, 0.1) is 5.92 Å². The zero-order chi connectivity index (χ0) is 11.3. The molecule has 0 heterocycles. The van der Waals surface area contributed by atoms with Crippen LogP contribution in [-0.2, 0) is 6.42 Å². The van der Waals surface area contributed by atoms with Crippen molar-refractivity contribution in [2.24, 2.45) is 5.92 Å². The Labute approximate surface area is 100 Å². The van der Waals surface area contributed by atoms with Crippen LogP contribution in [0.1, 0.15) is 19.4 Å². The van der Waals surface area contributed by atoms with Gasteiger partial charge in [-0.15, -0.1) is 0 Å². The molecule has 0 aliphatic carbocycles. The molecule has 82 valence electrons. The summed E-state index contributed by atoms with van der Waals surface area (Å²) in [6.07, 6.45) is 5.38. The van der Waals surface area contributed by atoms with Crippen LogP contribution in [-0.4, -0.2) is 7.11 Å². The van der Waals surface area contributed by atoms with Crippen LogP contribution in [0.15, 0.2) is 34.8 Å². The summed E-state index contributed by atoms with van der Waals surface area (Å²) in [6, 6.07) is 6.24. The average Bonchev–Trinajstić information content (AvgIpc) is 2.18. The van der Waals surface area contributed by atoms with E-state index in [1.54, 1.807) is 7.11 Å². The predicted molar refractivity (Wildman–Crippen MR) is 68.4 cm³/mol. The van der Waals surface area contributed by atoms with Gasteiger partial charge in [-0.05, 0) is 52.9 Å². The average molecular weight is 269 g/mol. The molecule has 1 rings (SSSR count). The zero-order valence-electron chi connectivity index (χ0n) is 9.46. The molecular weight excluding hydrogens is 252 g/mol. The summed E-state index contributed by atoms with van der Waals surface area (Å²) in [5, 5.41) is 0. The Kier molecular flexibility index (Phi) is 4.89. The van der Waals surface area contributed by atoms with Crippen LogP contribution in [0.5, 0.6) is 5.75 Å². The van der Waals surface area contributed by atoms with E-state index in [1.807, 2.05) is 6.07 Å². The number of rotatable bonds is 4. The van der Waals surface area contributed by atoms with Gasteiger partial charge in [0.15, 0.2) is 0 Å². The van der Waals surface area contributed by atoms with Crippen molar-refractivity contribution >= 4 is 15.9 Å². The molecule has 15 heavy (non-hydrogen) atoms. The molecule has 0 amide bonds. The van der Waals surface area contributed by atoms with E-state index in [2.05, 4.69) is 54.1 Å². The van der Waals surface area contributed by atoms with E-state index in [4.69, 9.17) is 4.74 Å². The first-order valence-corrected chi connectivity index (χ1v) is 5.92. The van der Waals surface area contributed by atoms with E-state index >= 15 is 0 Å². The molecule has 0 aliphatic rings. The topological polar surface area (TPSA) is 9.23 Å². The molecule has 0 bridgehead atoms. The minimum Gasteiger partial charge on any atom is -0.496 e. The highest BCUT2D eigenvalue weighted by Crippen LogP contribution is 2.26. The normalized spacial score (nSPS) is 13.1. The fraction of sp³-hybridized carbons (Fsp3) is 0.385. The molecule has 0 N–H and O–H groups in total. The molecule has 1 nitrogen and oxygen atoms in total. The van der Waals surface area contributed by atoms with Gasteiger partial charge in [-0.2, -0.15) is 0 Å². The molecule has 1 aromatic rings. The van der Waals surface area contributed by atoms with E-state index in [9.17, 15) is 0 Å². The smallest absolute Gasteiger partial charge is 0.133 e. The van der Waals surface area contributed by atoms with E-state index in [0.717, 1.165) is 16.6 Å². The van der Waals surface area contributed by atoms with Gasteiger partial charge in [0.1, 0.15) is 5.75 Å². The second kappa shape index (κ2) is 5.96. The lowest BCUT2D eigenvalue weighted by Crippen LogP contribution is -1.96. The highest BCUT2D eigenvalue weighted by Gasteiger charge is 2.03. The molecule has 0 aromatic heterocycles. The third kappa shape index (κ3) is 3.71. The predicted octanol–water partition coefficient (Wildman–Crippen LogP) is 4.21. The van der Waals surface area contributed by atoms with Crippen molar-refractivity contribution in [3.05, 3.63) is 40.4 Å². The first-order chi connectivity index (χ1) is 7.17. The second-order valence-electron chi connectivity index (χ2n) is 3.68. The number of hydrogen-bond donors (Lipinski definition) is 0. The van der Waals surface area contributed by atoms with Crippen LogP contribution in [0.3, 0.4) is 0 Å². The van der Waals surface area contributed by atoms with Gasteiger partial charge < -0.3 is 4.74 Å². The maximum absolute atomic E-state index is 5.19. The van der Waals surface area contributed by atoms with Crippen molar-refractivity contribution in [3.8, 4) is 5.75 Å². The Bertz CT molecular complexity index is 344. The summed E-state index contributed by atoms with van der Waals surface area (Å²) in [5.74, 6) is 1.47. The molecule has 0 saturated carbocycles. The Balaban J connectivity index is 2.75. The summed E-state index contributed by atoms with van der Waals surface area (Å²) >= 11 is 3.49. The summed E-state index contributed by atoms with van der Waals surface area (Å²) in [4.78, 5) is 0. The molecule has 1 unspecified atom stereocenters. The maximum atomic E-state index is 5.19. The van der Waals surface area contributed by atoms with Gasteiger partial charge in [-0.3, -0.25) is 0 Å². The highest BCUT2D eigenvalue weighted by atomic mass is 79.9. The molecule has 2 heteroatoms. The van der Waals surface area contributed by atoms with Crippen molar-refractivity contribution < 1.29 is 4.74 Å². The number of methoxy groups -OCH3 is 1. The van der Waals surface area contributed by atoms with Crippen molar-refractivity contribution in [2.45, 2.75) is 20.3 Å². The van der Waals surface area contributed by atoms with Gasteiger partial charge >= 0.3 is 0 Å². The highest BCUT2D eigenvalue weighted by molar-refractivity contribution is 9.10. The Morgan fingerprint density at radius 2 is 2.20 bits per heavy atom. The van der Waals surface area contributed by atoms with Crippen molar-refractivity contribution in [2.75, 3.05) is 7.11 Å². The van der Waals surface area contributed by atoms with Crippen LogP contribution in [0.4, 0.5) is 0 Å². The molecule has 0 aliphatic heterocycles. The van der Waals surface area contributed by atoms with Gasteiger partial charge in [0.2, 0.25) is 0 Å². The first-order valence-electron chi connectivity index (χ1n) is 5.12. The van der Waals surface area contributed by atoms with Gasteiger partial charge in [-0.1, -0.05) is 25.1 Å². The van der Waals surface area contributed by atoms with E-state index < -0.39 is 0 Å². The molecule has 0 fully saturated rings. The Morgan fingerprint density at radius 1 is 1.47 bits per heavy atom. The lowest BCUT2D eigenvalue weighted by atomic mass is 10.0. The third-order valence-electron chi connectivity index (χ3n) is 2.29. The van der Waals surface area contributed by atoms with E-state index in [0.29, 0.717) is 5.92 Å². The number of ether oxygens (including phenoxy) is 1. The molecule has 0 spiro atoms. The molecular formula is C13H17BrO. The van der Waals surface area contributed by atoms with Gasteiger partial charge in [0, 0.05) is 0 Å². The van der Waals surface area contributed by atoms with Crippen molar-refractivity contribution in [3.63, 3.8) is 0 Å². The van der Waals surface area contributed by atoms with Crippen LogP contribution in [0.2, 0.25) is 0 Å². The van der Waals surface area contributed by atoms with Crippen LogP contribution >= 0.6 is 15.9 Å². The number of halogens is 1. The molecule has 0 saturated heterocycles. The van der Waals surface area contributed by atoms with Crippen LogP contribution < -0.4 is 4.74 Å². The second-order valence-corrected chi connectivity index (χ2v) is 4.53. The Hall–Kier alpha value is -0.760. The van der Waals surface area contributed by atoms with Gasteiger partial charge in [0.05, 0.1) is 11.6 Å². The number of benzene rings is 1. The maximum Gasteiger partial charge on any atom is 0.133 e. The van der Waals surface area contributed by atoms with Gasteiger partial charge in [-0.25, -0.2) is 0 Å². The lowest BCUT2D eigenvalue weighted by molar-refractivity contribution is 0.412. The quantitative estimate of drug-likeness (QED) is 0.744. The largest absolute Gasteiger partial charge is 0.496 e. The standard InChI is InChI=1S/C13H17BrO/c1-4-5-10(2)8-11-6-7-13(15-3)12(14)9-11/h4-7,9-10H,8H2,1-3H3/b5-4-. The monoisotopic (exact) mass is 268 g/mol. The van der Waals surface area contributed by atoms with Gasteiger partial charge in [0.25, 0.3) is 0 Å². The fourth-order valence-electron chi connectivity index (χ4n) is 1.61. The molecule has 0 radical (unpaired) electrons.